The molecule has 0 aromatic heterocycles. The van der Waals surface area contributed by atoms with Gasteiger partial charge >= 0.3 is 0 Å². The lowest BCUT2D eigenvalue weighted by atomic mass is 9.87. The van der Waals surface area contributed by atoms with Crippen molar-refractivity contribution in [1.82, 2.24) is 14.7 Å². The lowest BCUT2D eigenvalue weighted by Gasteiger charge is -2.37. The summed E-state index contributed by atoms with van der Waals surface area (Å²) in [6, 6.07) is 18.1. The number of aryl methyl sites for hydroxylation is 1. The van der Waals surface area contributed by atoms with Crippen molar-refractivity contribution < 1.29 is 9.59 Å². The number of amides is 2. The molecule has 0 N–H and O–H groups in total. The summed E-state index contributed by atoms with van der Waals surface area (Å²) >= 11 is 0. The van der Waals surface area contributed by atoms with E-state index in [0.717, 1.165) is 37.9 Å². The lowest BCUT2D eigenvalue weighted by Crippen LogP contribution is -2.51. The number of fused-ring (bicyclic) bond motifs is 1. The van der Waals surface area contributed by atoms with Gasteiger partial charge in [-0.15, -0.1) is 0 Å². The maximum Gasteiger partial charge on any atom is 0.253 e. The third kappa shape index (κ3) is 4.35. The fourth-order valence-corrected chi connectivity index (χ4v) is 4.48. The van der Waals surface area contributed by atoms with Crippen LogP contribution in [-0.2, 0) is 11.2 Å². The molecule has 0 bridgehead atoms. The lowest BCUT2D eigenvalue weighted by molar-refractivity contribution is -0.134. The molecule has 1 atom stereocenters. The first-order valence-electron chi connectivity index (χ1n) is 10.5. The van der Waals surface area contributed by atoms with Crippen LogP contribution in [0, 0.1) is 0 Å². The van der Waals surface area contributed by atoms with Crippen molar-refractivity contribution >= 4 is 11.8 Å². The van der Waals surface area contributed by atoms with E-state index in [2.05, 4.69) is 29.2 Å². The molecular formula is C24H29N3O2. The maximum absolute atomic E-state index is 13.0. The van der Waals surface area contributed by atoms with Gasteiger partial charge in [0.1, 0.15) is 0 Å². The van der Waals surface area contributed by atoms with Gasteiger partial charge in [0, 0.05) is 38.8 Å². The monoisotopic (exact) mass is 391 g/mol. The van der Waals surface area contributed by atoms with Gasteiger partial charge in [-0.25, -0.2) is 0 Å². The predicted octanol–water partition coefficient (Wildman–Crippen LogP) is 2.98. The molecule has 2 aliphatic rings. The molecule has 1 heterocycles. The maximum atomic E-state index is 13.0. The third-order valence-electron chi connectivity index (χ3n) is 6.24. The molecule has 29 heavy (non-hydrogen) atoms. The van der Waals surface area contributed by atoms with Gasteiger partial charge in [0.05, 0.1) is 12.6 Å². The number of carbonyl (C=O) groups is 2. The molecule has 0 radical (unpaired) electrons. The Morgan fingerprint density at radius 3 is 2.41 bits per heavy atom. The predicted molar refractivity (Wildman–Crippen MR) is 114 cm³/mol. The van der Waals surface area contributed by atoms with Crippen molar-refractivity contribution in [2.75, 3.05) is 39.8 Å². The first-order valence-corrected chi connectivity index (χ1v) is 10.5. The molecule has 0 unspecified atom stereocenters. The van der Waals surface area contributed by atoms with E-state index in [1.54, 1.807) is 0 Å². The Hall–Kier alpha value is -2.66. The van der Waals surface area contributed by atoms with Crippen LogP contribution in [0.4, 0.5) is 0 Å². The molecule has 1 aliphatic carbocycles. The van der Waals surface area contributed by atoms with Gasteiger partial charge in [-0.05, 0) is 42.5 Å². The zero-order valence-corrected chi connectivity index (χ0v) is 17.1. The van der Waals surface area contributed by atoms with Crippen molar-refractivity contribution in [1.29, 1.82) is 0 Å². The summed E-state index contributed by atoms with van der Waals surface area (Å²) in [6.45, 7) is 3.22. The summed E-state index contributed by atoms with van der Waals surface area (Å²) in [5.74, 6) is 0.238. The second-order valence-electron chi connectivity index (χ2n) is 8.05. The average molecular weight is 392 g/mol. The molecular weight excluding hydrogens is 362 g/mol. The summed E-state index contributed by atoms with van der Waals surface area (Å²) in [4.78, 5) is 31.5. The van der Waals surface area contributed by atoms with Crippen molar-refractivity contribution in [3.8, 4) is 0 Å². The molecule has 2 aromatic rings. The van der Waals surface area contributed by atoms with Gasteiger partial charge in [0.2, 0.25) is 5.91 Å². The smallest absolute Gasteiger partial charge is 0.253 e. The van der Waals surface area contributed by atoms with Crippen molar-refractivity contribution in [3.05, 3.63) is 71.3 Å². The van der Waals surface area contributed by atoms with E-state index in [-0.39, 0.29) is 17.9 Å². The highest BCUT2D eigenvalue weighted by Crippen LogP contribution is 2.33. The average Bonchev–Trinajstić information content (AvgIpc) is 2.79. The quantitative estimate of drug-likeness (QED) is 0.805. The SMILES string of the molecule is CN(C(=O)CN1CCN(C(=O)c2ccccc2)CC1)[C@@H]1CCCc2ccccc21. The van der Waals surface area contributed by atoms with E-state index < -0.39 is 0 Å². The Bertz CT molecular complexity index is 859. The Morgan fingerprint density at radius 1 is 0.966 bits per heavy atom. The fraction of sp³-hybridized carbons (Fsp3) is 0.417. The summed E-state index contributed by atoms with van der Waals surface area (Å²) in [7, 11) is 1.93. The number of hydrogen-bond acceptors (Lipinski definition) is 3. The zero-order valence-electron chi connectivity index (χ0n) is 17.1. The molecule has 152 valence electrons. The minimum absolute atomic E-state index is 0.0764. The van der Waals surface area contributed by atoms with E-state index in [4.69, 9.17) is 0 Å². The van der Waals surface area contributed by atoms with Crippen LogP contribution in [0.3, 0.4) is 0 Å². The van der Waals surface area contributed by atoms with Crippen LogP contribution in [0.25, 0.3) is 0 Å². The minimum atomic E-state index is 0.0764. The Balaban J connectivity index is 1.32. The van der Waals surface area contributed by atoms with Gasteiger partial charge < -0.3 is 9.80 Å². The summed E-state index contributed by atoms with van der Waals surface area (Å²) in [5, 5.41) is 0. The van der Waals surface area contributed by atoms with Crippen LogP contribution < -0.4 is 0 Å². The minimum Gasteiger partial charge on any atom is -0.338 e. The Labute approximate surface area is 172 Å². The van der Waals surface area contributed by atoms with Gasteiger partial charge in [0.15, 0.2) is 0 Å². The molecule has 1 aliphatic heterocycles. The summed E-state index contributed by atoms with van der Waals surface area (Å²) in [5.41, 5.74) is 3.40. The molecule has 0 spiro atoms. The summed E-state index contributed by atoms with van der Waals surface area (Å²) < 4.78 is 0. The highest BCUT2D eigenvalue weighted by Gasteiger charge is 2.29. The first-order chi connectivity index (χ1) is 14.1. The number of benzene rings is 2. The second-order valence-corrected chi connectivity index (χ2v) is 8.05. The van der Waals surface area contributed by atoms with Crippen LogP contribution in [-0.4, -0.2) is 66.3 Å². The van der Waals surface area contributed by atoms with E-state index in [1.807, 2.05) is 47.2 Å². The van der Waals surface area contributed by atoms with Gasteiger partial charge in [-0.3, -0.25) is 14.5 Å². The van der Waals surface area contributed by atoms with Crippen LogP contribution in [0.5, 0.6) is 0 Å². The van der Waals surface area contributed by atoms with E-state index in [1.165, 1.54) is 11.1 Å². The zero-order chi connectivity index (χ0) is 20.2. The molecule has 4 rings (SSSR count). The molecule has 1 saturated heterocycles. The highest BCUT2D eigenvalue weighted by atomic mass is 16.2. The molecule has 2 aromatic carbocycles. The number of rotatable bonds is 4. The third-order valence-corrected chi connectivity index (χ3v) is 6.24. The van der Waals surface area contributed by atoms with Gasteiger partial charge in [-0.2, -0.15) is 0 Å². The van der Waals surface area contributed by atoms with Crippen LogP contribution in [0.2, 0.25) is 0 Å². The Kier molecular flexibility index (Phi) is 5.95. The topological polar surface area (TPSA) is 43.9 Å². The van der Waals surface area contributed by atoms with Gasteiger partial charge in [-0.1, -0.05) is 42.5 Å². The van der Waals surface area contributed by atoms with Crippen LogP contribution >= 0.6 is 0 Å². The molecule has 1 fully saturated rings. The number of likely N-dealkylation sites (N-methyl/N-ethyl adjacent to an activating group) is 1. The van der Waals surface area contributed by atoms with E-state index in [0.29, 0.717) is 19.6 Å². The normalized spacial score (nSPS) is 19.5. The van der Waals surface area contributed by atoms with Crippen molar-refractivity contribution in [3.63, 3.8) is 0 Å². The molecule has 5 nitrogen and oxygen atoms in total. The number of hydrogen-bond donors (Lipinski definition) is 0. The van der Waals surface area contributed by atoms with Crippen molar-refractivity contribution in [2.45, 2.75) is 25.3 Å². The largest absolute Gasteiger partial charge is 0.338 e. The number of nitrogens with zero attached hydrogens (tertiary/aromatic N) is 3. The molecule has 5 heteroatoms. The van der Waals surface area contributed by atoms with Gasteiger partial charge in [0.25, 0.3) is 5.91 Å². The Morgan fingerprint density at radius 2 is 1.66 bits per heavy atom. The van der Waals surface area contributed by atoms with Crippen LogP contribution in [0.15, 0.2) is 54.6 Å². The fourth-order valence-electron chi connectivity index (χ4n) is 4.48. The number of piperazine rings is 1. The molecule has 2 amide bonds. The van der Waals surface area contributed by atoms with E-state index in [9.17, 15) is 9.59 Å². The standard InChI is InChI=1S/C24H29N3O2/c1-25(22-13-7-11-19-8-5-6-12-21(19)22)23(28)18-26-14-16-27(17-15-26)24(29)20-9-3-2-4-10-20/h2-6,8-10,12,22H,7,11,13-18H2,1H3/t22-/m1/s1. The van der Waals surface area contributed by atoms with Crippen molar-refractivity contribution in [2.24, 2.45) is 0 Å². The highest BCUT2D eigenvalue weighted by molar-refractivity contribution is 5.94. The molecule has 0 saturated carbocycles. The second kappa shape index (κ2) is 8.78. The number of carbonyl (C=O) groups excluding carboxylic acids is 2. The summed E-state index contributed by atoms with van der Waals surface area (Å²) in [6.07, 6.45) is 3.25. The van der Waals surface area contributed by atoms with E-state index >= 15 is 0 Å². The first kappa shape index (κ1) is 19.6. The van der Waals surface area contributed by atoms with Crippen LogP contribution in [0.1, 0.15) is 40.4 Å².